The number of amides is 3. The first-order valence-electron chi connectivity index (χ1n) is 7.94. The van der Waals surface area contributed by atoms with Crippen molar-refractivity contribution < 1.29 is 14.3 Å². The smallest absolute Gasteiger partial charge is 0.315 e. The molecule has 2 rings (SSSR count). The SMILES string of the molecule is CCOCCNC(=O)N[C@@H]1CCN(C(=O)c2ccc(C)nc2)C1. The van der Waals surface area contributed by atoms with Gasteiger partial charge in [-0.2, -0.15) is 0 Å². The molecule has 1 fully saturated rings. The van der Waals surface area contributed by atoms with Gasteiger partial charge in [0.05, 0.1) is 12.2 Å². The van der Waals surface area contributed by atoms with Crippen LogP contribution < -0.4 is 10.6 Å². The third kappa shape index (κ3) is 5.21. The fourth-order valence-electron chi connectivity index (χ4n) is 2.46. The van der Waals surface area contributed by atoms with Gasteiger partial charge in [0.25, 0.3) is 5.91 Å². The molecule has 1 aliphatic rings. The molecule has 0 saturated carbocycles. The molecule has 1 saturated heterocycles. The zero-order valence-corrected chi connectivity index (χ0v) is 13.7. The predicted octanol–water partition coefficient (Wildman–Crippen LogP) is 0.940. The van der Waals surface area contributed by atoms with Crippen LogP contribution in [-0.2, 0) is 4.74 Å². The largest absolute Gasteiger partial charge is 0.380 e. The van der Waals surface area contributed by atoms with Gasteiger partial charge in [-0.25, -0.2) is 4.79 Å². The molecule has 0 radical (unpaired) electrons. The van der Waals surface area contributed by atoms with Gasteiger partial charge in [-0.1, -0.05) is 0 Å². The molecular formula is C16H24N4O3. The predicted molar refractivity (Wildman–Crippen MR) is 86.3 cm³/mol. The molecule has 7 nitrogen and oxygen atoms in total. The molecule has 1 aromatic heterocycles. The molecule has 1 aliphatic heterocycles. The molecule has 0 unspecified atom stereocenters. The first kappa shape index (κ1) is 17.2. The Kier molecular flexibility index (Phi) is 6.34. The highest BCUT2D eigenvalue weighted by atomic mass is 16.5. The summed E-state index contributed by atoms with van der Waals surface area (Å²) in [5.74, 6) is -0.0430. The Balaban J connectivity index is 1.76. The first-order chi connectivity index (χ1) is 11.1. The normalized spacial score (nSPS) is 17.1. The minimum absolute atomic E-state index is 0.0237. The van der Waals surface area contributed by atoms with Crippen LogP contribution in [0.3, 0.4) is 0 Å². The topological polar surface area (TPSA) is 83.6 Å². The van der Waals surface area contributed by atoms with Gasteiger partial charge in [-0.05, 0) is 32.4 Å². The number of ether oxygens (including phenoxy) is 1. The zero-order valence-electron chi connectivity index (χ0n) is 13.7. The van der Waals surface area contributed by atoms with Crippen molar-refractivity contribution in [1.29, 1.82) is 0 Å². The lowest BCUT2D eigenvalue weighted by atomic mass is 10.2. The van der Waals surface area contributed by atoms with E-state index in [-0.39, 0.29) is 18.0 Å². The van der Waals surface area contributed by atoms with E-state index in [9.17, 15) is 9.59 Å². The Bertz CT molecular complexity index is 533. The van der Waals surface area contributed by atoms with E-state index >= 15 is 0 Å². The maximum Gasteiger partial charge on any atom is 0.315 e. The van der Waals surface area contributed by atoms with E-state index in [1.165, 1.54) is 0 Å². The van der Waals surface area contributed by atoms with Crippen molar-refractivity contribution >= 4 is 11.9 Å². The molecule has 2 N–H and O–H groups in total. The van der Waals surface area contributed by atoms with Crippen LogP contribution in [-0.4, -0.2) is 60.7 Å². The Morgan fingerprint density at radius 2 is 2.26 bits per heavy atom. The monoisotopic (exact) mass is 320 g/mol. The fraction of sp³-hybridized carbons (Fsp3) is 0.562. The van der Waals surface area contributed by atoms with E-state index < -0.39 is 0 Å². The number of rotatable bonds is 6. The molecule has 126 valence electrons. The lowest BCUT2D eigenvalue weighted by Crippen LogP contribution is -2.44. The molecule has 0 spiro atoms. The minimum atomic E-state index is -0.221. The lowest BCUT2D eigenvalue weighted by molar-refractivity contribution is 0.0789. The van der Waals surface area contributed by atoms with Gasteiger partial charge < -0.3 is 20.3 Å². The second-order valence-electron chi connectivity index (χ2n) is 5.52. The van der Waals surface area contributed by atoms with Gasteiger partial charge in [-0.15, -0.1) is 0 Å². The van der Waals surface area contributed by atoms with Crippen molar-refractivity contribution in [3.63, 3.8) is 0 Å². The number of nitrogens with one attached hydrogen (secondary N) is 2. The maximum absolute atomic E-state index is 12.4. The van der Waals surface area contributed by atoms with E-state index in [2.05, 4.69) is 15.6 Å². The van der Waals surface area contributed by atoms with E-state index in [1.807, 2.05) is 19.9 Å². The van der Waals surface area contributed by atoms with Crippen LogP contribution in [0.2, 0.25) is 0 Å². The summed E-state index contributed by atoms with van der Waals surface area (Å²) in [5.41, 5.74) is 1.46. The van der Waals surface area contributed by atoms with Gasteiger partial charge in [-0.3, -0.25) is 9.78 Å². The zero-order chi connectivity index (χ0) is 16.7. The summed E-state index contributed by atoms with van der Waals surface area (Å²) in [4.78, 5) is 30.0. The van der Waals surface area contributed by atoms with Crippen molar-refractivity contribution in [1.82, 2.24) is 20.5 Å². The number of aromatic nitrogens is 1. The number of urea groups is 1. The summed E-state index contributed by atoms with van der Waals surface area (Å²) in [7, 11) is 0. The van der Waals surface area contributed by atoms with Gasteiger partial charge in [0.15, 0.2) is 0 Å². The van der Waals surface area contributed by atoms with Gasteiger partial charge >= 0.3 is 6.03 Å². The molecule has 23 heavy (non-hydrogen) atoms. The molecule has 1 aromatic rings. The first-order valence-corrected chi connectivity index (χ1v) is 7.94. The van der Waals surface area contributed by atoms with Crippen LogP contribution in [0.15, 0.2) is 18.3 Å². The lowest BCUT2D eigenvalue weighted by Gasteiger charge is -2.17. The number of nitrogens with zero attached hydrogens (tertiary/aromatic N) is 2. The van der Waals surface area contributed by atoms with Crippen LogP contribution in [0.5, 0.6) is 0 Å². The number of pyridine rings is 1. The van der Waals surface area contributed by atoms with Crippen LogP contribution in [0.1, 0.15) is 29.4 Å². The summed E-state index contributed by atoms with van der Waals surface area (Å²) in [6, 6.07) is 3.36. The van der Waals surface area contributed by atoms with E-state index in [0.29, 0.717) is 38.4 Å². The molecule has 2 heterocycles. The molecule has 0 aromatic carbocycles. The number of hydrogen-bond acceptors (Lipinski definition) is 4. The van der Waals surface area contributed by atoms with Gasteiger partial charge in [0.2, 0.25) is 0 Å². The molecule has 0 bridgehead atoms. The number of likely N-dealkylation sites (tertiary alicyclic amines) is 1. The third-order valence-electron chi connectivity index (χ3n) is 3.71. The Morgan fingerprint density at radius 3 is 2.96 bits per heavy atom. The average Bonchev–Trinajstić information content (AvgIpc) is 3.00. The van der Waals surface area contributed by atoms with E-state index in [4.69, 9.17) is 4.74 Å². The second kappa shape index (κ2) is 8.47. The summed E-state index contributed by atoms with van der Waals surface area (Å²) < 4.78 is 5.16. The summed E-state index contributed by atoms with van der Waals surface area (Å²) >= 11 is 0. The Morgan fingerprint density at radius 1 is 1.43 bits per heavy atom. The quantitative estimate of drug-likeness (QED) is 0.764. The van der Waals surface area contributed by atoms with E-state index in [0.717, 1.165) is 12.1 Å². The Labute approximate surface area is 136 Å². The number of carbonyl (C=O) groups excluding carboxylic acids is 2. The van der Waals surface area contributed by atoms with Gasteiger partial charge in [0.1, 0.15) is 0 Å². The minimum Gasteiger partial charge on any atom is -0.380 e. The second-order valence-corrected chi connectivity index (χ2v) is 5.52. The number of aryl methyl sites for hydroxylation is 1. The third-order valence-corrected chi connectivity index (χ3v) is 3.71. The van der Waals surface area contributed by atoms with Crippen molar-refractivity contribution in [2.75, 3.05) is 32.8 Å². The highest BCUT2D eigenvalue weighted by Crippen LogP contribution is 2.13. The summed E-state index contributed by atoms with van der Waals surface area (Å²) in [6.07, 6.45) is 2.35. The van der Waals surface area contributed by atoms with E-state index in [1.54, 1.807) is 17.2 Å². The molecule has 3 amide bonds. The van der Waals surface area contributed by atoms with Crippen LogP contribution in [0, 0.1) is 6.92 Å². The van der Waals surface area contributed by atoms with Crippen LogP contribution in [0.25, 0.3) is 0 Å². The van der Waals surface area contributed by atoms with Crippen molar-refractivity contribution in [3.8, 4) is 0 Å². The van der Waals surface area contributed by atoms with Crippen molar-refractivity contribution in [2.24, 2.45) is 0 Å². The number of carbonyl (C=O) groups is 2. The fourth-order valence-corrected chi connectivity index (χ4v) is 2.46. The average molecular weight is 320 g/mol. The van der Waals surface area contributed by atoms with Gasteiger partial charge in [0, 0.05) is 44.2 Å². The highest BCUT2D eigenvalue weighted by Gasteiger charge is 2.27. The molecular weight excluding hydrogens is 296 g/mol. The van der Waals surface area contributed by atoms with Crippen LogP contribution >= 0.6 is 0 Å². The Hall–Kier alpha value is -2.15. The maximum atomic E-state index is 12.4. The van der Waals surface area contributed by atoms with Crippen molar-refractivity contribution in [3.05, 3.63) is 29.6 Å². The van der Waals surface area contributed by atoms with Crippen LogP contribution in [0.4, 0.5) is 4.79 Å². The molecule has 7 heteroatoms. The summed E-state index contributed by atoms with van der Waals surface area (Å²) in [5, 5.41) is 5.62. The highest BCUT2D eigenvalue weighted by molar-refractivity contribution is 5.94. The van der Waals surface area contributed by atoms with Crippen molar-refractivity contribution in [2.45, 2.75) is 26.3 Å². The molecule has 1 atom stereocenters. The standard InChI is InChI=1S/C16H24N4O3/c1-3-23-9-7-17-16(22)19-14-6-8-20(11-14)15(21)13-5-4-12(2)18-10-13/h4-5,10,14H,3,6-9,11H2,1-2H3,(H2,17,19,22)/t14-/m1/s1. The summed E-state index contributed by atoms with van der Waals surface area (Å²) in [6.45, 7) is 6.56. The number of hydrogen-bond donors (Lipinski definition) is 2. The molecule has 0 aliphatic carbocycles.